The van der Waals surface area contributed by atoms with Crippen molar-refractivity contribution in [1.82, 2.24) is 18.0 Å². The maximum atomic E-state index is 13.3. The Hall–Kier alpha value is -2.04. The fraction of sp³-hybridized carbons (Fsp3) is 0.238. The Balaban J connectivity index is 1.50. The van der Waals surface area contributed by atoms with Gasteiger partial charge in [0, 0.05) is 36.0 Å². The van der Waals surface area contributed by atoms with Crippen LogP contribution in [0, 0.1) is 0 Å². The van der Waals surface area contributed by atoms with Crippen LogP contribution in [0.1, 0.15) is 0 Å². The van der Waals surface area contributed by atoms with E-state index < -0.39 is 10.0 Å². The summed E-state index contributed by atoms with van der Waals surface area (Å²) >= 11 is 2.63. The molecule has 4 aromatic rings. The molecule has 0 amide bonds. The summed E-state index contributed by atoms with van der Waals surface area (Å²) in [6, 6.07) is 18.1. The molecule has 0 radical (unpaired) electrons. The third-order valence-corrected chi connectivity index (χ3v) is 8.87. The molecule has 5 rings (SSSR count). The van der Waals surface area contributed by atoms with Gasteiger partial charge in [0.25, 0.3) is 0 Å². The first-order valence-electron chi connectivity index (χ1n) is 9.63. The van der Waals surface area contributed by atoms with Gasteiger partial charge in [0.1, 0.15) is 15.9 Å². The third-order valence-electron chi connectivity index (χ3n) is 5.37. The second kappa shape index (κ2) is 7.90. The first kappa shape index (κ1) is 19.9. The highest BCUT2D eigenvalue weighted by atomic mass is 32.2. The minimum atomic E-state index is -3.60. The smallest absolute Gasteiger partial charge is 0.245 e. The number of rotatable bonds is 4. The van der Waals surface area contributed by atoms with Crippen molar-refractivity contribution in [2.75, 3.05) is 33.2 Å². The number of piperazine rings is 1. The molecule has 1 fully saturated rings. The zero-order valence-corrected chi connectivity index (χ0v) is 18.8. The van der Waals surface area contributed by atoms with E-state index in [0.29, 0.717) is 24.1 Å². The Morgan fingerprint density at radius 3 is 2.43 bits per heavy atom. The van der Waals surface area contributed by atoms with Gasteiger partial charge in [-0.3, -0.25) is 0 Å². The molecule has 9 heteroatoms. The van der Waals surface area contributed by atoms with Crippen molar-refractivity contribution < 1.29 is 8.42 Å². The Bertz CT molecular complexity index is 1330. The fourth-order valence-corrected chi connectivity index (χ4v) is 6.83. The Morgan fingerprint density at radius 2 is 1.63 bits per heavy atom. The number of hydrogen-bond donors (Lipinski definition) is 0. The molecule has 1 aliphatic rings. The molecule has 0 N–H and O–H groups in total. The molecule has 0 atom stereocenters. The molecular formula is C21H20N4O2S3. The normalized spacial score (nSPS) is 16.4. The number of nitrogens with zero attached hydrogens (tertiary/aromatic N) is 4. The predicted octanol–water partition coefficient (Wildman–Crippen LogP) is 3.93. The van der Waals surface area contributed by atoms with Gasteiger partial charge in [-0.15, -0.1) is 0 Å². The third kappa shape index (κ3) is 3.61. The number of likely N-dealkylation sites (N-methyl/N-ethyl adjacent to an activating group) is 1. The molecule has 1 saturated heterocycles. The van der Waals surface area contributed by atoms with Crippen molar-refractivity contribution in [3.05, 3.63) is 54.6 Å². The zero-order chi connectivity index (χ0) is 20.7. The van der Waals surface area contributed by atoms with E-state index in [-0.39, 0.29) is 4.90 Å². The minimum Gasteiger partial charge on any atom is -0.304 e. The van der Waals surface area contributed by atoms with Crippen LogP contribution in [0.5, 0.6) is 0 Å². The summed E-state index contributed by atoms with van der Waals surface area (Å²) in [5.74, 6) is 0. The SMILES string of the molecule is CN1CCN(S(=O)(=O)c2ccc(Sc3ccc4ccccc4c3)c3nsnc23)CC1. The van der Waals surface area contributed by atoms with Crippen LogP contribution in [0.2, 0.25) is 0 Å². The van der Waals surface area contributed by atoms with Crippen molar-refractivity contribution in [2.24, 2.45) is 0 Å². The van der Waals surface area contributed by atoms with Gasteiger partial charge in [-0.05, 0) is 42.1 Å². The molecular weight excluding hydrogens is 436 g/mol. The number of aromatic nitrogens is 2. The summed E-state index contributed by atoms with van der Waals surface area (Å²) in [5, 5.41) is 2.36. The molecule has 1 aliphatic heterocycles. The predicted molar refractivity (Wildman–Crippen MR) is 122 cm³/mol. The van der Waals surface area contributed by atoms with E-state index >= 15 is 0 Å². The van der Waals surface area contributed by atoms with Crippen LogP contribution in [0.3, 0.4) is 0 Å². The summed E-state index contributed by atoms with van der Waals surface area (Å²) in [5.41, 5.74) is 1.11. The maximum Gasteiger partial charge on any atom is 0.245 e. The van der Waals surface area contributed by atoms with Gasteiger partial charge in [0.15, 0.2) is 0 Å². The van der Waals surface area contributed by atoms with E-state index in [1.807, 2.05) is 25.2 Å². The van der Waals surface area contributed by atoms with E-state index in [0.717, 1.165) is 34.6 Å². The fourth-order valence-electron chi connectivity index (χ4n) is 3.64. The van der Waals surface area contributed by atoms with E-state index in [9.17, 15) is 8.42 Å². The summed E-state index contributed by atoms with van der Waals surface area (Å²) in [4.78, 5) is 4.37. The van der Waals surface area contributed by atoms with Crippen molar-refractivity contribution >= 4 is 55.3 Å². The molecule has 154 valence electrons. The molecule has 0 unspecified atom stereocenters. The average molecular weight is 457 g/mol. The van der Waals surface area contributed by atoms with Crippen LogP contribution in [0.25, 0.3) is 21.8 Å². The first-order valence-corrected chi connectivity index (χ1v) is 12.6. The average Bonchev–Trinajstić information content (AvgIpc) is 3.24. The minimum absolute atomic E-state index is 0.249. The second-order valence-electron chi connectivity index (χ2n) is 7.34. The monoisotopic (exact) mass is 456 g/mol. The lowest BCUT2D eigenvalue weighted by molar-refractivity contribution is 0.222. The van der Waals surface area contributed by atoms with Crippen LogP contribution >= 0.6 is 23.5 Å². The summed E-state index contributed by atoms with van der Waals surface area (Å²) in [7, 11) is -1.59. The molecule has 6 nitrogen and oxygen atoms in total. The van der Waals surface area contributed by atoms with E-state index in [1.54, 1.807) is 22.1 Å². The zero-order valence-electron chi connectivity index (χ0n) is 16.4. The number of hydrogen-bond acceptors (Lipinski definition) is 7. The van der Waals surface area contributed by atoms with Crippen LogP contribution in [-0.4, -0.2) is 59.6 Å². The van der Waals surface area contributed by atoms with E-state index in [4.69, 9.17) is 0 Å². The largest absolute Gasteiger partial charge is 0.304 e. The van der Waals surface area contributed by atoms with Crippen molar-refractivity contribution in [3.8, 4) is 0 Å². The van der Waals surface area contributed by atoms with Gasteiger partial charge in [0.2, 0.25) is 10.0 Å². The summed E-state index contributed by atoms with van der Waals surface area (Å²) < 4.78 is 36.8. The lowest BCUT2D eigenvalue weighted by atomic mass is 10.1. The molecule has 1 aromatic heterocycles. The maximum absolute atomic E-state index is 13.3. The van der Waals surface area contributed by atoms with Crippen molar-refractivity contribution in [2.45, 2.75) is 14.7 Å². The van der Waals surface area contributed by atoms with Crippen LogP contribution in [0.15, 0.2) is 69.3 Å². The number of sulfonamides is 1. The van der Waals surface area contributed by atoms with Gasteiger partial charge < -0.3 is 4.90 Å². The van der Waals surface area contributed by atoms with Gasteiger partial charge >= 0.3 is 0 Å². The highest BCUT2D eigenvalue weighted by molar-refractivity contribution is 7.99. The topological polar surface area (TPSA) is 66.4 Å². The van der Waals surface area contributed by atoms with E-state index in [2.05, 4.69) is 44.0 Å². The molecule has 0 aliphatic carbocycles. The second-order valence-corrected chi connectivity index (χ2v) is 10.9. The van der Waals surface area contributed by atoms with Gasteiger partial charge in [-0.25, -0.2) is 8.42 Å². The quantitative estimate of drug-likeness (QED) is 0.464. The standard InChI is InChI=1S/C21H20N4O2S3/c1-24-10-12-25(13-11-24)30(26,27)19-9-8-18(20-21(19)23-29-22-20)28-17-7-6-15-4-2-3-5-16(15)14-17/h2-9,14H,10-13H2,1H3. The van der Waals surface area contributed by atoms with Crippen molar-refractivity contribution in [3.63, 3.8) is 0 Å². The number of benzene rings is 3. The molecule has 3 aromatic carbocycles. The highest BCUT2D eigenvalue weighted by Gasteiger charge is 2.30. The molecule has 0 bridgehead atoms. The Labute approximate surface area is 183 Å². The molecule has 0 saturated carbocycles. The highest BCUT2D eigenvalue weighted by Crippen LogP contribution is 2.37. The van der Waals surface area contributed by atoms with Crippen LogP contribution < -0.4 is 0 Å². The molecule has 0 spiro atoms. The summed E-state index contributed by atoms with van der Waals surface area (Å²) in [6.45, 7) is 2.44. The van der Waals surface area contributed by atoms with Crippen LogP contribution in [-0.2, 0) is 10.0 Å². The number of fused-ring (bicyclic) bond motifs is 2. The van der Waals surface area contributed by atoms with Gasteiger partial charge in [-0.1, -0.05) is 42.1 Å². The Morgan fingerprint density at radius 1 is 0.900 bits per heavy atom. The van der Waals surface area contributed by atoms with Crippen LogP contribution in [0.4, 0.5) is 0 Å². The van der Waals surface area contributed by atoms with Gasteiger partial charge in [0.05, 0.1) is 11.7 Å². The summed E-state index contributed by atoms with van der Waals surface area (Å²) in [6.07, 6.45) is 0. The molecule has 30 heavy (non-hydrogen) atoms. The lowest BCUT2D eigenvalue weighted by Gasteiger charge is -2.31. The van der Waals surface area contributed by atoms with Gasteiger partial charge in [-0.2, -0.15) is 13.1 Å². The van der Waals surface area contributed by atoms with Crippen molar-refractivity contribution in [1.29, 1.82) is 0 Å². The van der Waals surface area contributed by atoms with E-state index in [1.165, 1.54) is 10.8 Å². The Kier molecular flexibility index (Phi) is 5.24. The first-order chi connectivity index (χ1) is 14.5. The lowest BCUT2D eigenvalue weighted by Crippen LogP contribution is -2.47. The molecule has 2 heterocycles.